The molecule has 6 nitrogen and oxygen atoms in total. The van der Waals surface area contributed by atoms with Gasteiger partial charge >= 0.3 is 0 Å². The SMILES string of the molecule is O=C(C[NH+]1CC[NH+](CC(=O)Nc2ccccc2F)CC1)Nc1ccc(F)c(F)c1. The van der Waals surface area contributed by atoms with E-state index >= 15 is 0 Å². The van der Waals surface area contributed by atoms with E-state index in [9.17, 15) is 22.8 Å². The number of benzene rings is 2. The number of anilines is 2. The number of rotatable bonds is 6. The normalized spacial score (nSPS) is 18.9. The van der Waals surface area contributed by atoms with Crippen LogP contribution in [-0.2, 0) is 9.59 Å². The van der Waals surface area contributed by atoms with E-state index in [0.29, 0.717) is 26.2 Å². The Kier molecular flexibility index (Phi) is 6.84. The number of para-hydroxylation sites is 1. The number of carbonyl (C=O) groups excluding carboxylic acids is 2. The zero-order valence-electron chi connectivity index (χ0n) is 15.7. The van der Waals surface area contributed by atoms with E-state index in [1.807, 2.05) is 0 Å². The fraction of sp³-hybridized carbons (Fsp3) is 0.300. The monoisotopic (exact) mass is 408 g/mol. The van der Waals surface area contributed by atoms with Gasteiger partial charge in [0, 0.05) is 11.8 Å². The van der Waals surface area contributed by atoms with Crippen molar-refractivity contribution in [2.75, 3.05) is 49.9 Å². The molecule has 2 amide bonds. The van der Waals surface area contributed by atoms with Crippen molar-refractivity contribution in [1.29, 1.82) is 0 Å². The molecule has 0 saturated carbocycles. The van der Waals surface area contributed by atoms with E-state index in [2.05, 4.69) is 10.6 Å². The first kappa shape index (κ1) is 20.8. The molecule has 1 aliphatic heterocycles. The third kappa shape index (κ3) is 6.03. The second-order valence-corrected chi connectivity index (χ2v) is 7.06. The summed E-state index contributed by atoms with van der Waals surface area (Å²) in [5.41, 5.74) is 0.373. The Labute approximate surface area is 166 Å². The van der Waals surface area contributed by atoms with Crippen molar-refractivity contribution >= 4 is 23.2 Å². The lowest BCUT2D eigenvalue weighted by atomic mass is 10.2. The summed E-state index contributed by atoms with van der Waals surface area (Å²) < 4.78 is 39.7. The van der Waals surface area contributed by atoms with Gasteiger partial charge in [-0.1, -0.05) is 12.1 Å². The summed E-state index contributed by atoms with van der Waals surface area (Å²) in [6.07, 6.45) is 0. The molecule has 0 unspecified atom stereocenters. The minimum Gasteiger partial charge on any atom is -0.321 e. The Hall–Kier alpha value is -2.91. The summed E-state index contributed by atoms with van der Waals surface area (Å²) >= 11 is 0. The molecule has 0 bridgehead atoms. The van der Waals surface area contributed by atoms with Crippen molar-refractivity contribution in [3.63, 3.8) is 0 Å². The molecule has 29 heavy (non-hydrogen) atoms. The third-order valence-electron chi connectivity index (χ3n) is 4.84. The minimum absolute atomic E-state index is 0.162. The Morgan fingerprint density at radius 1 is 0.759 bits per heavy atom. The van der Waals surface area contributed by atoms with Gasteiger partial charge in [-0.3, -0.25) is 9.59 Å². The van der Waals surface area contributed by atoms with Gasteiger partial charge in [-0.2, -0.15) is 0 Å². The maximum atomic E-state index is 13.6. The summed E-state index contributed by atoms with van der Waals surface area (Å²) in [4.78, 5) is 26.3. The van der Waals surface area contributed by atoms with Gasteiger partial charge in [0.2, 0.25) is 0 Å². The molecule has 0 radical (unpaired) electrons. The largest absolute Gasteiger partial charge is 0.321 e. The van der Waals surface area contributed by atoms with Crippen molar-refractivity contribution in [2.45, 2.75) is 0 Å². The quantitative estimate of drug-likeness (QED) is 0.519. The molecule has 1 heterocycles. The van der Waals surface area contributed by atoms with Crippen LogP contribution in [0.2, 0.25) is 0 Å². The van der Waals surface area contributed by atoms with Gasteiger partial charge in [0.05, 0.1) is 5.69 Å². The van der Waals surface area contributed by atoms with Gasteiger partial charge in [0.25, 0.3) is 11.8 Å². The highest BCUT2D eigenvalue weighted by atomic mass is 19.2. The van der Waals surface area contributed by atoms with Gasteiger partial charge in [-0.15, -0.1) is 0 Å². The predicted octanol–water partition coefficient (Wildman–Crippen LogP) is -0.535. The molecule has 4 N–H and O–H groups in total. The summed E-state index contributed by atoms with van der Waals surface area (Å²) in [5.74, 6) is -3.00. The maximum absolute atomic E-state index is 13.6. The maximum Gasteiger partial charge on any atom is 0.279 e. The number of amides is 2. The Bertz CT molecular complexity index is 886. The molecule has 0 aliphatic carbocycles. The van der Waals surface area contributed by atoms with E-state index in [1.54, 1.807) is 12.1 Å². The second-order valence-electron chi connectivity index (χ2n) is 7.06. The predicted molar refractivity (Wildman–Crippen MR) is 101 cm³/mol. The van der Waals surface area contributed by atoms with E-state index in [1.165, 1.54) is 18.2 Å². The highest BCUT2D eigenvalue weighted by Gasteiger charge is 2.26. The summed E-state index contributed by atoms with van der Waals surface area (Å²) in [7, 11) is 0. The van der Waals surface area contributed by atoms with E-state index < -0.39 is 17.5 Å². The van der Waals surface area contributed by atoms with E-state index in [4.69, 9.17) is 0 Å². The molecule has 0 atom stereocenters. The molecule has 2 aromatic rings. The number of hydrogen-bond acceptors (Lipinski definition) is 2. The fourth-order valence-electron chi connectivity index (χ4n) is 3.30. The molecule has 2 aromatic carbocycles. The number of nitrogens with one attached hydrogen (secondary N) is 4. The summed E-state index contributed by atoms with van der Waals surface area (Å²) in [6.45, 7) is 3.19. The molecular formula is C20H23F3N4O2+2. The minimum atomic E-state index is -1.01. The third-order valence-corrected chi connectivity index (χ3v) is 4.84. The van der Waals surface area contributed by atoms with Crippen LogP contribution in [-0.4, -0.2) is 51.1 Å². The smallest absolute Gasteiger partial charge is 0.279 e. The van der Waals surface area contributed by atoms with Crippen molar-refractivity contribution in [3.05, 3.63) is 59.9 Å². The van der Waals surface area contributed by atoms with Crippen LogP contribution < -0.4 is 20.4 Å². The van der Waals surface area contributed by atoms with Gasteiger partial charge < -0.3 is 20.4 Å². The van der Waals surface area contributed by atoms with Crippen molar-refractivity contribution in [2.24, 2.45) is 0 Å². The lowest BCUT2D eigenvalue weighted by molar-refractivity contribution is -1.00. The molecule has 154 valence electrons. The average Bonchev–Trinajstić information content (AvgIpc) is 2.68. The van der Waals surface area contributed by atoms with E-state index in [0.717, 1.165) is 21.9 Å². The Morgan fingerprint density at radius 3 is 1.93 bits per heavy atom. The van der Waals surface area contributed by atoms with Crippen LogP contribution in [0, 0.1) is 17.5 Å². The standard InChI is InChI=1S/C20H21F3N4O2/c21-15-6-5-14(11-17(15)23)24-19(28)12-26-7-9-27(10-8-26)13-20(29)25-18-4-2-1-3-16(18)22/h1-6,11H,7-10,12-13H2,(H,24,28)(H,25,29)/p+2. The molecule has 0 aromatic heterocycles. The number of carbonyl (C=O) groups is 2. The van der Waals surface area contributed by atoms with Crippen molar-refractivity contribution < 1.29 is 32.6 Å². The molecule has 1 aliphatic rings. The molecular weight excluding hydrogens is 385 g/mol. The Morgan fingerprint density at radius 2 is 1.34 bits per heavy atom. The number of piperazine rings is 1. The molecule has 1 fully saturated rings. The van der Waals surface area contributed by atoms with Gasteiger partial charge in [0.15, 0.2) is 24.7 Å². The lowest BCUT2D eigenvalue weighted by Gasteiger charge is -2.29. The Balaban J connectivity index is 1.40. The second kappa shape index (κ2) is 9.53. The van der Waals surface area contributed by atoms with Gasteiger partial charge in [0.1, 0.15) is 32.0 Å². The molecule has 1 saturated heterocycles. The van der Waals surface area contributed by atoms with Crippen LogP contribution in [0.1, 0.15) is 0 Å². The van der Waals surface area contributed by atoms with Gasteiger partial charge in [-0.25, -0.2) is 13.2 Å². The molecule has 9 heteroatoms. The van der Waals surface area contributed by atoms with Gasteiger partial charge in [-0.05, 0) is 24.3 Å². The first-order valence-electron chi connectivity index (χ1n) is 9.37. The topological polar surface area (TPSA) is 67.1 Å². The zero-order chi connectivity index (χ0) is 20.8. The highest BCUT2D eigenvalue weighted by Crippen LogP contribution is 2.13. The zero-order valence-corrected chi connectivity index (χ0v) is 15.7. The van der Waals surface area contributed by atoms with Crippen LogP contribution >= 0.6 is 0 Å². The number of quaternary nitrogens is 2. The summed E-state index contributed by atoms with van der Waals surface area (Å²) in [6, 6.07) is 9.22. The van der Waals surface area contributed by atoms with Crippen LogP contribution in [0.15, 0.2) is 42.5 Å². The van der Waals surface area contributed by atoms with Crippen LogP contribution in [0.4, 0.5) is 24.5 Å². The van der Waals surface area contributed by atoms with Crippen molar-refractivity contribution in [1.82, 2.24) is 0 Å². The number of hydrogen-bond donors (Lipinski definition) is 4. The lowest BCUT2D eigenvalue weighted by Crippen LogP contribution is -3.28. The fourth-order valence-corrected chi connectivity index (χ4v) is 3.30. The van der Waals surface area contributed by atoms with Crippen LogP contribution in [0.5, 0.6) is 0 Å². The average molecular weight is 408 g/mol. The number of halogens is 3. The molecule has 0 spiro atoms. The molecule has 3 rings (SSSR count). The van der Waals surface area contributed by atoms with E-state index in [-0.39, 0.29) is 36.3 Å². The highest BCUT2D eigenvalue weighted by molar-refractivity contribution is 5.92. The first-order chi connectivity index (χ1) is 13.9. The summed E-state index contributed by atoms with van der Waals surface area (Å²) in [5, 5.41) is 5.13. The first-order valence-corrected chi connectivity index (χ1v) is 9.37. The van der Waals surface area contributed by atoms with Crippen LogP contribution in [0.3, 0.4) is 0 Å². The van der Waals surface area contributed by atoms with Crippen molar-refractivity contribution in [3.8, 4) is 0 Å². The van der Waals surface area contributed by atoms with Crippen LogP contribution in [0.25, 0.3) is 0 Å².